The van der Waals surface area contributed by atoms with Gasteiger partial charge in [-0.15, -0.1) is 0 Å². The van der Waals surface area contributed by atoms with Crippen LogP contribution < -0.4 is 10.1 Å². The maximum absolute atomic E-state index is 5.92. The smallest absolute Gasteiger partial charge is 0.218 e. The Morgan fingerprint density at radius 2 is 2.19 bits per heavy atom. The third-order valence-corrected chi connectivity index (χ3v) is 2.92. The lowest BCUT2D eigenvalue weighted by molar-refractivity contribution is 0.0974. The van der Waals surface area contributed by atoms with Crippen molar-refractivity contribution in [3.63, 3.8) is 0 Å². The minimum atomic E-state index is -0.177. The van der Waals surface area contributed by atoms with Crippen LogP contribution in [0.1, 0.15) is 32.8 Å². The van der Waals surface area contributed by atoms with Crippen LogP contribution in [0.15, 0.2) is 16.7 Å². The van der Waals surface area contributed by atoms with E-state index in [1.165, 1.54) is 0 Å². The summed E-state index contributed by atoms with van der Waals surface area (Å²) in [6, 6.07) is 2.03. The lowest BCUT2D eigenvalue weighted by Gasteiger charge is -2.25. The van der Waals surface area contributed by atoms with E-state index in [-0.39, 0.29) is 5.60 Å². The van der Waals surface area contributed by atoms with Crippen LogP contribution in [0.3, 0.4) is 0 Å². The Labute approximate surface area is 106 Å². The number of halogens is 1. The summed E-state index contributed by atoms with van der Waals surface area (Å²) in [6.07, 6.45) is 2.71. The molecule has 3 nitrogen and oxygen atoms in total. The number of rotatable bonds is 5. The summed E-state index contributed by atoms with van der Waals surface area (Å²) in [7, 11) is 1.91. The lowest BCUT2D eigenvalue weighted by Crippen LogP contribution is -2.28. The van der Waals surface area contributed by atoms with Gasteiger partial charge >= 0.3 is 0 Å². The second kappa shape index (κ2) is 5.64. The van der Waals surface area contributed by atoms with E-state index in [4.69, 9.17) is 4.74 Å². The highest BCUT2D eigenvalue weighted by molar-refractivity contribution is 9.10. The van der Waals surface area contributed by atoms with Gasteiger partial charge in [0.15, 0.2) is 0 Å². The molecule has 0 bridgehead atoms. The molecule has 0 atom stereocenters. The van der Waals surface area contributed by atoms with E-state index in [2.05, 4.69) is 47.0 Å². The third kappa shape index (κ3) is 3.76. The summed E-state index contributed by atoms with van der Waals surface area (Å²) < 4.78 is 6.89. The molecule has 0 aliphatic carbocycles. The predicted molar refractivity (Wildman–Crippen MR) is 69.7 cm³/mol. The van der Waals surface area contributed by atoms with Crippen LogP contribution in [-0.4, -0.2) is 17.6 Å². The van der Waals surface area contributed by atoms with Gasteiger partial charge in [0.25, 0.3) is 0 Å². The highest BCUT2D eigenvalue weighted by Gasteiger charge is 2.19. The first-order valence-corrected chi connectivity index (χ1v) is 6.26. The van der Waals surface area contributed by atoms with Gasteiger partial charge in [-0.25, -0.2) is 4.98 Å². The van der Waals surface area contributed by atoms with E-state index in [0.29, 0.717) is 5.88 Å². The van der Waals surface area contributed by atoms with Crippen LogP contribution >= 0.6 is 15.9 Å². The Bertz CT molecular complexity index is 353. The first-order valence-electron chi connectivity index (χ1n) is 5.46. The standard InChI is InChI=1S/C12H19BrN2O/c1-5-12(2,3)16-11-9(7-14-4)6-10(13)8-15-11/h6,8,14H,5,7H2,1-4H3. The number of hydrogen-bond acceptors (Lipinski definition) is 3. The molecule has 0 spiro atoms. The van der Waals surface area contributed by atoms with Crippen molar-refractivity contribution in [2.75, 3.05) is 7.05 Å². The topological polar surface area (TPSA) is 34.1 Å². The highest BCUT2D eigenvalue weighted by Crippen LogP contribution is 2.25. The molecule has 0 radical (unpaired) electrons. The van der Waals surface area contributed by atoms with Crippen molar-refractivity contribution in [3.8, 4) is 5.88 Å². The SMILES string of the molecule is CCC(C)(C)Oc1ncc(Br)cc1CNC. The molecule has 0 fully saturated rings. The summed E-state index contributed by atoms with van der Waals surface area (Å²) in [4.78, 5) is 4.32. The van der Waals surface area contributed by atoms with Crippen molar-refractivity contribution >= 4 is 15.9 Å². The van der Waals surface area contributed by atoms with Crippen molar-refractivity contribution in [1.82, 2.24) is 10.3 Å². The van der Waals surface area contributed by atoms with E-state index >= 15 is 0 Å². The van der Waals surface area contributed by atoms with Gasteiger partial charge in [-0.2, -0.15) is 0 Å². The molecule has 0 saturated heterocycles. The molecule has 1 heterocycles. The number of aromatic nitrogens is 1. The second-order valence-electron chi connectivity index (χ2n) is 4.36. The van der Waals surface area contributed by atoms with E-state index in [1.807, 2.05) is 13.1 Å². The Morgan fingerprint density at radius 3 is 2.75 bits per heavy atom. The normalized spacial score (nSPS) is 11.6. The Balaban J connectivity index is 2.94. The number of ether oxygens (including phenoxy) is 1. The molecule has 0 amide bonds. The minimum Gasteiger partial charge on any atom is -0.471 e. The average molecular weight is 287 g/mol. The molecular weight excluding hydrogens is 268 g/mol. The van der Waals surface area contributed by atoms with Crippen molar-refractivity contribution in [3.05, 3.63) is 22.3 Å². The van der Waals surface area contributed by atoms with Gasteiger partial charge in [-0.05, 0) is 49.3 Å². The van der Waals surface area contributed by atoms with E-state index < -0.39 is 0 Å². The molecule has 1 N–H and O–H groups in total. The lowest BCUT2D eigenvalue weighted by atomic mass is 10.1. The molecule has 90 valence electrons. The number of pyridine rings is 1. The van der Waals surface area contributed by atoms with Gasteiger partial charge in [0, 0.05) is 22.8 Å². The average Bonchev–Trinajstić information content (AvgIpc) is 2.22. The van der Waals surface area contributed by atoms with E-state index in [9.17, 15) is 0 Å². The van der Waals surface area contributed by atoms with Gasteiger partial charge in [-0.3, -0.25) is 0 Å². The molecule has 0 aliphatic rings. The maximum Gasteiger partial charge on any atom is 0.218 e. The fourth-order valence-electron chi connectivity index (χ4n) is 1.21. The summed E-state index contributed by atoms with van der Waals surface area (Å²) in [5.74, 6) is 0.712. The fraction of sp³-hybridized carbons (Fsp3) is 0.583. The van der Waals surface area contributed by atoms with Crippen molar-refractivity contribution in [1.29, 1.82) is 0 Å². The zero-order chi connectivity index (χ0) is 12.2. The first kappa shape index (κ1) is 13.5. The second-order valence-corrected chi connectivity index (χ2v) is 5.28. The van der Waals surface area contributed by atoms with Crippen LogP contribution in [0.2, 0.25) is 0 Å². The van der Waals surface area contributed by atoms with Gasteiger partial charge in [0.1, 0.15) is 5.60 Å². The number of nitrogens with zero attached hydrogens (tertiary/aromatic N) is 1. The molecule has 4 heteroatoms. The Hall–Kier alpha value is -0.610. The van der Waals surface area contributed by atoms with E-state index in [0.717, 1.165) is 23.0 Å². The quantitative estimate of drug-likeness (QED) is 0.903. The van der Waals surface area contributed by atoms with Crippen LogP contribution in [-0.2, 0) is 6.54 Å². The first-order chi connectivity index (χ1) is 7.48. The number of nitrogens with one attached hydrogen (secondary N) is 1. The van der Waals surface area contributed by atoms with Gasteiger partial charge in [0.05, 0.1) is 0 Å². The molecule has 0 unspecified atom stereocenters. The van der Waals surface area contributed by atoms with Crippen LogP contribution in [0.25, 0.3) is 0 Å². The zero-order valence-electron chi connectivity index (χ0n) is 10.3. The van der Waals surface area contributed by atoms with Gasteiger partial charge in [0.2, 0.25) is 5.88 Å². The fourth-order valence-corrected chi connectivity index (χ4v) is 1.59. The molecule has 16 heavy (non-hydrogen) atoms. The summed E-state index contributed by atoms with van der Waals surface area (Å²) in [6.45, 7) is 7.00. The van der Waals surface area contributed by atoms with Crippen LogP contribution in [0.4, 0.5) is 0 Å². The molecule has 1 aromatic heterocycles. The third-order valence-electron chi connectivity index (χ3n) is 2.48. The zero-order valence-corrected chi connectivity index (χ0v) is 11.9. The summed E-state index contributed by atoms with van der Waals surface area (Å²) >= 11 is 3.42. The molecule has 1 aromatic rings. The van der Waals surface area contributed by atoms with Crippen LogP contribution in [0, 0.1) is 0 Å². The largest absolute Gasteiger partial charge is 0.471 e. The summed E-state index contributed by atoms with van der Waals surface area (Å²) in [5, 5.41) is 3.11. The predicted octanol–water partition coefficient (Wildman–Crippen LogP) is 3.13. The van der Waals surface area contributed by atoms with E-state index in [1.54, 1.807) is 6.20 Å². The molecular formula is C12H19BrN2O. The Morgan fingerprint density at radius 1 is 1.50 bits per heavy atom. The monoisotopic (exact) mass is 286 g/mol. The van der Waals surface area contributed by atoms with Gasteiger partial charge < -0.3 is 10.1 Å². The molecule has 0 aliphatic heterocycles. The molecule has 0 aromatic carbocycles. The maximum atomic E-state index is 5.92. The molecule has 0 saturated carbocycles. The summed E-state index contributed by atoms with van der Waals surface area (Å²) in [5.41, 5.74) is 0.891. The minimum absolute atomic E-state index is 0.177. The van der Waals surface area contributed by atoms with Gasteiger partial charge in [-0.1, -0.05) is 6.92 Å². The highest BCUT2D eigenvalue weighted by atomic mass is 79.9. The van der Waals surface area contributed by atoms with Crippen molar-refractivity contribution in [2.45, 2.75) is 39.3 Å². The van der Waals surface area contributed by atoms with Crippen molar-refractivity contribution < 1.29 is 4.74 Å². The van der Waals surface area contributed by atoms with Crippen LogP contribution in [0.5, 0.6) is 5.88 Å². The Kier molecular flexibility index (Phi) is 4.74. The number of hydrogen-bond donors (Lipinski definition) is 1. The van der Waals surface area contributed by atoms with Crippen molar-refractivity contribution in [2.24, 2.45) is 0 Å². The molecule has 1 rings (SSSR count).